The molecule has 0 aliphatic rings. The molecule has 86 valence electrons. The van der Waals surface area contributed by atoms with Gasteiger partial charge in [0.25, 0.3) is 0 Å². The van der Waals surface area contributed by atoms with E-state index in [4.69, 9.17) is 15.1 Å². The highest BCUT2D eigenvalue weighted by atomic mass is 31.1. The zero-order chi connectivity index (χ0) is 12.1. The predicted octanol–water partition coefficient (Wildman–Crippen LogP) is 0.751. The third kappa shape index (κ3) is 4.33. The Bertz CT molecular complexity index is 277. The first-order chi connectivity index (χ1) is 6.84. The number of hydrogen-bond donors (Lipinski definition) is 3. The molecule has 3 N–H and O–H groups in total. The lowest BCUT2D eigenvalue weighted by Crippen LogP contribution is -2.39. The van der Waals surface area contributed by atoms with E-state index in [-0.39, 0.29) is 12.8 Å². The quantitative estimate of drug-likeness (QED) is 0.560. The standard InChI is InChI=1S/C7H11O7P/c1-2-7(6(10)11,14-15(12)13)4-3-5(8)9/h2-4H2,1H3,(H2-,8,9,10,11,12,13)/p+1. The minimum atomic E-state index is -3.08. The maximum atomic E-state index is 10.8. The Morgan fingerprint density at radius 2 is 1.93 bits per heavy atom. The van der Waals surface area contributed by atoms with Crippen molar-refractivity contribution in [1.29, 1.82) is 0 Å². The van der Waals surface area contributed by atoms with E-state index in [1.165, 1.54) is 6.92 Å². The van der Waals surface area contributed by atoms with Crippen LogP contribution < -0.4 is 0 Å². The van der Waals surface area contributed by atoms with Crippen LogP contribution in [0.5, 0.6) is 0 Å². The molecular formula is C7H12O7P+. The second-order valence-electron chi connectivity index (χ2n) is 2.88. The van der Waals surface area contributed by atoms with E-state index in [0.717, 1.165) is 0 Å². The average Bonchev–Trinajstić information content (AvgIpc) is 2.11. The molecule has 0 aliphatic carbocycles. The Morgan fingerprint density at radius 1 is 1.40 bits per heavy atom. The molecule has 0 bridgehead atoms. The van der Waals surface area contributed by atoms with Crippen molar-refractivity contribution in [3.05, 3.63) is 0 Å². The van der Waals surface area contributed by atoms with E-state index in [0.29, 0.717) is 0 Å². The van der Waals surface area contributed by atoms with Crippen LogP contribution in [0.25, 0.3) is 0 Å². The highest BCUT2D eigenvalue weighted by molar-refractivity contribution is 7.32. The van der Waals surface area contributed by atoms with Crippen LogP contribution in [-0.4, -0.2) is 32.6 Å². The highest BCUT2D eigenvalue weighted by Gasteiger charge is 2.46. The van der Waals surface area contributed by atoms with Gasteiger partial charge in [-0.3, -0.25) is 4.79 Å². The van der Waals surface area contributed by atoms with Crippen LogP contribution in [0, 0.1) is 0 Å². The minimum Gasteiger partial charge on any atom is -0.481 e. The van der Waals surface area contributed by atoms with Crippen LogP contribution in [0.3, 0.4) is 0 Å². The summed E-state index contributed by atoms with van der Waals surface area (Å²) in [5.41, 5.74) is -1.90. The number of rotatable bonds is 7. The van der Waals surface area contributed by atoms with Crippen LogP contribution in [0.4, 0.5) is 0 Å². The van der Waals surface area contributed by atoms with Crippen molar-refractivity contribution < 1.29 is 33.8 Å². The van der Waals surface area contributed by atoms with Gasteiger partial charge in [0.05, 0.1) is 0 Å². The number of carboxylic acids is 2. The summed E-state index contributed by atoms with van der Waals surface area (Å²) in [6, 6.07) is 0. The molecule has 0 aromatic carbocycles. The largest absolute Gasteiger partial charge is 0.695 e. The van der Waals surface area contributed by atoms with Gasteiger partial charge in [-0.1, -0.05) is 6.92 Å². The van der Waals surface area contributed by atoms with Gasteiger partial charge < -0.3 is 10.2 Å². The topological polar surface area (TPSA) is 121 Å². The predicted molar refractivity (Wildman–Crippen MR) is 48.4 cm³/mol. The summed E-state index contributed by atoms with van der Waals surface area (Å²) in [5.74, 6) is -2.63. The Balaban J connectivity index is 4.72. The molecule has 0 aromatic heterocycles. The van der Waals surface area contributed by atoms with Gasteiger partial charge in [0.1, 0.15) is 0 Å². The van der Waals surface area contributed by atoms with Gasteiger partial charge in [-0.05, 0) is 6.42 Å². The summed E-state index contributed by atoms with van der Waals surface area (Å²) in [6.45, 7) is 1.44. The van der Waals surface area contributed by atoms with Gasteiger partial charge in [-0.25, -0.2) is 4.79 Å². The molecule has 2 atom stereocenters. The molecule has 0 rings (SSSR count). The van der Waals surface area contributed by atoms with Crippen LogP contribution >= 0.6 is 8.25 Å². The lowest BCUT2D eigenvalue weighted by molar-refractivity contribution is -0.157. The van der Waals surface area contributed by atoms with Crippen LogP contribution in [-0.2, 0) is 18.7 Å². The molecule has 0 heterocycles. The third-order valence-corrected chi connectivity index (χ3v) is 2.46. The van der Waals surface area contributed by atoms with Crippen molar-refractivity contribution in [2.24, 2.45) is 0 Å². The van der Waals surface area contributed by atoms with Crippen molar-refractivity contribution in [2.45, 2.75) is 31.8 Å². The van der Waals surface area contributed by atoms with Crippen LogP contribution in [0.15, 0.2) is 0 Å². The van der Waals surface area contributed by atoms with E-state index in [9.17, 15) is 14.2 Å². The maximum absolute atomic E-state index is 10.8. The van der Waals surface area contributed by atoms with Crippen molar-refractivity contribution in [2.75, 3.05) is 0 Å². The summed E-state index contributed by atoms with van der Waals surface area (Å²) in [5, 5.41) is 17.2. The van der Waals surface area contributed by atoms with Crippen molar-refractivity contribution in [1.82, 2.24) is 0 Å². The maximum Gasteiger partial charge on any atom is 0.695 e. The summed E-state index contributed by atoms with van der Waals surface area (Å²) in [7, 11) is -3.08. The second kappa shape index (κ2) is 5.75. The molecule has 0 fully saturated rings. The average molecular weight is 239 g/mol. The lowest BCUT2D eigenvalue weighted by Gasteiger charge is -2.19. The van der Waals surface area contributed by atoms with E-state index in [1.54, 1.807) is 0 Å². The van der Waals surface area contributed by atoms with Gasteiger partial charge in [-0.2, -0.15) is 0 Å². The first kappa shape index (κ1) is 14.0. The fourth-order valence-corrected chi connectivity index (χ4v) is 1.64. The van der Waals surface area contributed by atoms with Crippen molar-refractivity contribution in [3.63, 3.8) is 0 Å². The van der Waals surface area contributed by atoms with Gasteiger partial charge in [0.15, 0.2) is 0 Å². The molecule has 0 aliphatic heterocycles. The van der Waals surface area contributed by atoms with Crippen molar-refractivity contribution >= 4 is 20.2 Å². The van der Waals surface area contributed by atoms with Gasteiger partial charge in [0, 0.05) is 17.4 Å². The zero-order valence-electron chi connectivity index (χ0n) is 8.04. The normalized spacial score (nSPS) is 15.5. The summed E-state index contributed by atoms with van der Waals surface area (Å²) >= 11 is 0. The highest BCUT2D eigenvalue weighted by Crippen LogP contribution is 2.33. The zero-order valence-corrected chi connectivity index (χ0v) is 8.94. The number of carbonyl (C=O) groups is 2. The Hall–Kier alpha value is -1.04. The summed E-state index contributed by atoms with van der Waals surface area (Å²) in [4.78, 5) is 29.6. The molecule has 0 saturated carbocycles. The molecule has 7 nitrogen and oxygen atoms in total. The Kier molecular flexibility index (Phi) is 5.35. The molecular weight excluding hydrogens is 227 g/mol. The molecule has 0 saturated heterocycles. The summed E-state index contributed by atoms with van der Waals surface area (Å²) in [6.07, 6.45) is -0.879. The van der Waals surface area contributed by atoms with Gasteiger partial charge in [-0.15, -0.1) is 9.42 Å². The first-order valence-corrected chi connectivity index (χ1v) is 5.27. The SMILES string of the molecule is CCC(CCC(=O)O)(O[P+](=O)O)C(=O)O. The number of hydrogen-bond acceptors (Lipinski definition) is 4. The van der Waals surface area contributed by atoms with Gasteiger partial charge in [0.2, 0.25) is 5.60 Å². The Morgan fingerprint density at radius 3 is 2.20 bits per heavy atom. The third-order valence-electron chi connectivity index (χ3n) is 1.96. The smallest absolute Gasteiger partial charge is 0.481 e. The van der Waals surface area contributed by atoms with E-state index in [2.05, 4.69) is 4.52 Å². The summed E-state index contributed by atoms with van der Waals surface area (Å²) < 4.78 is 14.8. The molecule has 0 spiro atoms. The monoisotopic (exact) mass is 239 g/mol. The van der Waals surface area contributed by atoms with Crippen LogP contribution in [0.1, 0.15) is 26.2 Å². The fourth-order valence-electron chi connectivity index (χ4n) is 1.04. The van der Waals surface area contributed by atoms with E-state index in [1.807, 2.05) is 0 Å². The molecule has 15 heavy (non-hydrogen) atoms. The molecule has 0 aromatic rings. The minimum absolute atomic E-state index is 0.0861. The lowest BCUT2D eigenvalue weighted by atomic mass is 9.95. The van der Waals surface area contributed by atoms with Gasteiger partial charge >= 0.3 is 20.2 Å². The van der Waals surface area contributed by atoms with Crippen molar-refractivity contribution in [3.8, 4) is 0 Å². The molecule has 8 heteroatoms. The second-order valence-corrected chi connectivity index (χ2v) is 3.53. The Labute approximate surface area is 86.6 Å². The van der Waals surface area contributed by atoms with E-state index >= 15 is 0 Å². The van der Waals surface area contributed by atoms with E-state index < -0.39 is 32.2 Å². The molecule has 0 radical (unpaired) electrons. The molecule has 0 amide bonds. The number of aliphatic carboxylic acids is 2. The number of carboxylic acid groups (broad SMARTS) is 2. The van der Waals surface area contributed by atoms with Crippen LogP contribution in [0.2, 0.25) is 0 Å². The molecule has 2 unspecified atom stereocenters. The first-order valence-electron chi connectivity index (χ1n) is 4.14. The fraction of sp³-hybridized carbons (Fsp3) is 0.714.